The summed E-state index contributed by atoms with van der Waals surface area (Å²) in [5.41, 5.74) is 0. The summed E-state index contributed by atoms with van der Waals surface area (Å²) < 4.78 is 25.1. The van der Waals surface area contributed by atoms with Gasteiger partial charge in [0.15, 0.2) is 0 Å². The first-order valence-electron chi connectivity index (χ1n) is 5.42. The van der Waals surface area contributed by atoms with Gasteiger partial charge in [0.2, 0.25) is 0 Å². The van der Waals surface area contributed by atoms with Gasteiger partial charge in [-0.25, -0.2) is 18.7 Å². The summed E-state index contributed by atoms with van der Waals surface area (Å²) in [6.45, 7) is 1.93. The van der Waals surface area contributed by atoms with Crippen LogP contribution < -0.4 is 4.90 Å². The van der Waals surface area contributed by atoms with Crippen LogP contribution in [-0.4, -0.2) is 35.4 Å². The molecule has 0 spiro atoms. The van der Waals surface area contributed by atoms with Crippen molar-refractivity contribution >= 4 is 39.0 Å². The number of fused-ring (bicyclic) bond motifs is 1. The Kier molecular flexibility index (Phi) is 4.29. The van der Waals surface area contributed by atoms with Crippen molar-refractivity contribution in [3.05, 3.63) is 17.3 Å². The molecule has 0 aliphatic heterocycles. The highest BCUT2D eigenvalue weighted by molar-refractivity contribution is 7.18. The molecule has 0 saturated carbocycles. The topological polar surface area (TPSA) is 29.0 Å². The second kappa shape index (κ2) is 5.75. The smallest absolute Gasteiger partial charge is 0.255 e. The third-order valence-corrected chi connectivity index (χ3v) is 3.57. The van der Waals surface area contributed by atoms with E-state index in [-0.39, 0.29) is 12.4 Å². The number of thiophene rings is 1. The van der Waals surface area contributed by atoms with Crippen LogP contribution in [0.2, 0.25) is 0 Å². The molecule has 2 aromatic rings. The lowest BCUT2D eigenvalue weighted by molar-refractivity contribution is 0.155. The second-order valence-electron chi connectivity index (χ2n) is 3.80. The fraction of sp³-hybridized carbons (Fsp3) is 0.455. The molecule has 2 aromatic heterocycles. The normalized spacial score (nSPS) is 11.4. The average molecular weight is 292 g/mol. The van der Waals surface area contributed by atoms with Gasteiger partial charge in [-0.05, 0) is 13.0 Å². The van der Waals surface area contributed by atoms with Crippen LogP contribution in [0, 0.1) is 6.92 Å². The maximum atomic E-state index is 12.6. The Morgan fingerprint density at radius 3 is 2.89 bits per heavy atom. The monoisotopic (exact) mass is 291 g/mol. The second-order valence-corrected chi connectivity index (χ2v) is 5.41. The van der Waals surface area contributed by atoms with Crippen molar-refractivity contribution in [3.63, 3.8) is 0 Å². The highest BCUT2D eigenvalue weighted by Gasteiger charge is 2.17. The first kappa shape index (κ1) is 13.4. The number of aromatic nitrogens is 2. The lowest BCUT2D eigenvalue weighted by Gasteiger charge is -2.22. The standard InChI is InChI=1S/C11H12ClF2N3S/c1-7-4-8-10(15-6-16-11(8)18-7)17(3-2-12)5-9(13)14/h4,6,9H,2-3,5H2,1H3. The van der Waals surface area contributed by atoms with E-state index in [4.69, 9.17) is 11.6 Å². The van der Waals surface area contributed by atoms with Crippen molar-refractivity contribution in [3.8, 4) is 0 Å². The van der Waals surface area contributed by atoms with Crippen LogP contribution in [0.25, 0.3) is 10.2 Å². The Labute approximate surface area is 112 Å². The maximum absolute atomic E-state index is 12.6. The minimum Gasteiger partial charge on any atom is -0.349 e. The van der Waals surface area contributed by atoms with Crippen LogP contribution in [0.4, 0.5) is 14.6 Å². The number of hydrogen-bond acceptors (Lipinski definition) is 4. The summed E-state index contributed by atoms with van der Waals surface area (Å²) in [6, 6.07) is 1.92. The molecule has 0 aliphatic rings. The molecule has 2 rings (SSSR count). The molecule has 7 heteroatoms. The summed E-state index contributed by atoms with van der Waals surface area (Å²) in [4.78, 5) is 11.7. The molecule has 0 aliphatic carbocycles. The molecule has 0 radical (unpaired) electrons. The molecule has 0 atom stereocenters. The summed E-state index contributed by atoms with van der Waals surface area (Å²) >= 11 is 7.18. The highest BCUT2D eigenvalue weighted by Crippen LogP contribution is 2.29. The maximum Gasteiger partial charge on any atom is 0.255 e. The molecule has 0 fully saturated rings. The lowest BCUT2D eigenvalue weighted by atomic mass is 10.3. The van der Waals surface area contributed by atoms with Crippen molar-refractivity contribution in [1.29, 1.82) is 0 Å². The van der Waals surface area contributed by atoms with Gasteiger partial charge in [0.05, 0.1) is 11.9 Å². The molecule has 0 aromatic carbocycles. The molecule has 0 amide bonds. The van der Waals surface area contributed by atoms with Crippen molar-refractivity contribution in [2.45, 2.75) is 13.3 Å². The van der Waals surface area contributed by atoms with E-state index in [1.54, 1.807) is 0 Å². The minimum atomic E-state index is -2.42. The van der Waals surface area contributed by atoms with E-state index in [1.807, 2.05) is 13.0 Å². The molecule has 0 unspecified atom stereocenters. The van der Waals surface area contributed by atoms with Gasteiger partial charge >= 0.3 is 0 Å². The largest absolute Gasteiger partial charge is 0.349 e. The van der Waals surface area contributed by atoms with Crippen LogP contribution in [0.3, 0.4) is 0 Å². The molecular formula is C11H12ClF2N3S. The Bertz CT molecular complexity index is 532. The Morgan fingerprint density at radius 1 is 1.44 bits per heavy atom. The molecule has 0 N–H and O–H groups in total. The van der Waals surface area contributed by atoms with E-state index < -0.39 is 6.43 Å². The van der Waals surface area contributed by atoms with Crippen LogP contribution in [0.15, 0.2) is 12.4 Å². The summed E-state index contributed by atoms with van der Waals surface area (Å²) in [7, 11) is 0. The fourth-order valence-electron chi connectivity index (χ4n) is 1.77. The van der Waals surface area contributed by atoms with E-state index in [2.05, 4.69) is 9.97 Å². The average Bonchev–Trinajstić information content (AvgIpc) is 2.67. The zero-order valence-electron chi connectivity index (χ0n) is 9.74. The summed E-state index contributed by atoms with van der Waals surface area (Å²) in [5.74, 6) is 0.812. The number of alkyl halides is 3. The van der Waals surface area contributed by atoms with Crippen molar-refractivity contribution in [2.24, 2.45) is 0 Å². The third-order valence-electron chi connectivity index (χ3n) is 2.44. The Balaban J connectivity index is 2.42. The first-order valence-corrected chi connectivity index (χ1v) is 6.77. The Morgan fingerprint density at radius 2 is 2.22 bits per heavy atom. The number of anilines is 1. The minimum absolute atomic E-state index is 0.279. The fourth-order valence-corrected chi connectivity index (χ4v) is 2.81. The van der Waals surface area contributed by atoms with Gasteiger partial charge in [-0.15, -0.1) is 22.9 Å². The predicted octanol–water partition coefficient (Wildman–Crippen LogP) is 3.31. The van der Waals surface area contributed by atoms with Gasteiger partial charge in [0.1, 0.15) is 17.0 Å². The molecule has 2 heterocycles. The van der Waals surface area contributed by atoms with Crippen molar-refractivity contribution < 1.29 is 8.78 Å². The SMILES string of the molecule is Cc1cc2c(N(CCCl)CC(F)F)ncnc2s1. The summed E-state index contributed by atoms with van der Waals surface area (Å²) in [6.07, 6.45) is -1.02. The van der Waals surface area contributed by atoms with Gasteiger partial charge in [-0.3, -0.25) is 0 Å². The number of hydrogen-bond donors (Lipinski definition) is 0. The number of halogens is 3. The quantitative estimate of drug-likeness (QED) is 0.792. The van der Waals surface area contributed by atoms with Crippen LogP contribution >= 0.6 is 22.9 Å². The molecule has 18 heavy (non-hydrogen) atoms. The van der Waals surface area contributed by atoms with E-state index in [0.717, 1.165) is 15.1 Å². The van der Waals surface area contributed by atoms with E-state index in [1.165, 1.54) is 22.6 Å². The molecular weight excluding hydrogens is 280 g/mol. The third kappa shape index (κ3) is 2.87. The number of rotatable bonds is 5. The van der Waals surface area contributed by atoms with E-state index in [9.17, 15) is 8.78 Å². The summed E-state index contributed by atoms with van der Waals surface area (Å²) in [5, 5.41) is 0.811. The zero-order valence-corrected chi connectivity index (χ0v) is 11.3. The van der Waals surface area contributed by atoms with E-state index >= 15 is 0 Å². The zero-order chi connectivity index (χ0) is 13.1. The van der Waals surface area contributed by atoms with Gasteiger partial charge in [-0.1, -0.05) is 0 Å². The highest BCUT2D eigenvalue weighted by atomic mass is 35.5. The molecule has 3 nitrogen and oxygen atoms in total. The lowest BCUT2D eigenvalue weighted by Crippen LogP contribution is -2.31. The van der Waals surface area contributed by atoms with Gasteiger partial charge < -0.3 is 4.90 Å². The first-order chi connectivity index (χ1) is 8.61. The molecule has 0 saturated heterocycles. The van der Waals surface area contributed by atoms with Gasteiger partial charge in [0.25, 0.3) is 6.43 Å². The van der Waals surface area contributed by atoms with Gasteiger partial charge in [-0.2, -0.15) is 0 Å². The Hall–Kier alpha value is -1.01. The van der Waals surface area contributed by atoms with Crippen LogP contribution in [0.5, 0.6) is 0 Å². The van der Waals surface area contributed by atoms with Crippen LogP contribution in [-0.2, 0) is 0 Å². The molecule has 0 bridgehead atoms. The van der Waals surface area contributed by atoms with Gasteiger partial charge in [0, 0.05) is 17.3 Å². The number of nitrogens with zero attached hydrogens (tertiary/aromatic N) is 3. The molecule has 98 valence electrons. The van der Waals surface area contributed by atoms with Crippen molar-refractivity contribution in [2.75, 3.05) is 23.9 Å². The van der Waals surface area contributed by atoms with Crippen molar-refractivity contribution in [1.82, 2.24) is 9.97 Å². The number of aryl methyl sites for hydroxylation is 1. The van der Waals surface area contributed by atoms with E-state index in [0.29, 0.717) is 12.4 Å². The van der Waals surface area contributed by atoms with Crippen LogP contribution in [0.1, 0.15) is 4.88 Å². The predicted molar refractivity (Wildman–Crippen MR) is 71.1 cm³/mol.